The number of likely N-dealkylation sites (tertiary alicyclic amines) is 1. The smallest absolute Gasteiger partial charge is 0.430 e. The quantitative estimate of drug-likeness (QED) is 0.516. The topological polar surface area (TPSA) is 143 Å². The highest BCUT2D eigenvalue weighted by molar-refractivity contribution is 6.59. The van der Waals surface area contributed by atoms with E-state index in [1.54, 1.807) is 11.0 Å². The molecule has 27 heavy (non-hydrogen) atoms. The largest absolute Gasteiger partial charge is 0.669 e. The second-order valence-corrected chi connectivity index (χ2v) is 7.50. The second kappa shape index (κ2) is 7.03. The third-order valence-electron chi connectivity index (χ3n) is 4.97. The summed E-state index contributed by atoms with van der Waals surface area (Å²) in [7, 11) is 0. The molecule has 2 aliphatic rings. The average molecular weight is 379 g/mol. The van der Waals surface area contributed by atoms with Gasteiger partial charge in [-0.2, -0.15) is 0 Å². The number of aryl methyl sites for hydroxylation is 1. The van der Waals surface area contributed by atoms with Crippen molar-refractivity contribution in [3.63, 3.8) is 0 Å². The van der Waals surface area contributed by atoms with E-state index in [0.717, 1.165) is 0 Å². The number of fused-ring (bicyclic) bond motifs is 1. The Morgan fingerprint density at radius 2 is 2.00 bits per heavy atom. The van der Waals surface area contributed by atoms with Crippen LogP contribution in [0.2, 0.25) is 6.32 Å². The summed E-state index contributed by atoms with van der Waals surface area (Å²) in [5, 5.41) is 29.1. The molecule has 1 fully saturated rings. The van der Waals surface area contributed by atoms with Crippen molar-refractivity contribution in [3.05, 3.63) is 23.3 Å². The van der Waals surface area contributed by atoms with E-state index >= 15 is 0 Å². The number of rotatable bonds is 5. The van der Waals surface area contributed by atoms with Gasteiger partial charge in [-0.25, -0.2) is 4.79 Å². The Morgan fingerprint density at radius 3 is 2.59 bits per heavy atom. The summed E-state index contributed by atoms with van der Waals surface area (Å²) in [4.78, 5) is 25.5. The van der Waals surface area contributed by atoms with Crippen LogP contribution in [0.4, 0.5) is 0 Å². The highest BCUT2D eigenvalue weighted by atomic mass is 16.6. The van der Waals surface area contributed by atoms with Gasteiger partial charge in [0.05, 0.1) is 24.9 Å². The highest BCUT2D eigenvalue weighted by Gasteiger charge is 2.37. The Kier molecular flexibility index (Phi) is 5.07. The molecule has 0 radical (unpaired) electrons. The van der Waals surface area contributed by atoms with Gasteiger partial charge in [-0.05, 0) is 24.0 Å². The molecule has 0 aromatic heterocycles. The maximum absolute atomic E-state index is 12.2. The number of carbonyl (C=O) groups is 2. The van der Waals surface area contributed by atoms with Crippen LogP contribution in [0, 0.1) is 5.92 Å². The molecule has 1 amide bonds. The van der Waals surface area contributed by atoms with Crippen LogP contribution in [0.25, 0.3) is 0 Å². The predicted molar refractivity (Wildman–Crippen MR) is 96.5 cm³/mol. The predicted octanol–water partition coefficient (Wildman–Crippen LogP) is -0.184. The van der Waals surface area contributed by atoms with Gasteiger partial charge >= 0.3 is 12.7 Å². The lowest BCUT2D eigenvalue weighted by molar-refractivity contribution is -0.142. The fourth-order valence-electron chi connectivity index (χ4n) is 3.20. The minimum atomic E-state index is -3.09. The SMILES string of the molecule is CC(C)C(N)C(=O)N1CC(Oc2ccc3c(c2C(=O)O)O[B-](O)(O)CC3)C1. The summed E-state index contributed by atoms with van der Waals surface area (Å²) in [6, 6.07) is 2.60. The molecule has 9 nitrogen and oxygen atoms in total. The standard InChI is InChI=1S/C17H24BN2O7/c1-9(2)14(19)16(21)20-7-11(8-20)26-12-4-3-10-5-6-18(24,25)27-15(10)13(12)17(22)23/h3-4,9,11,14,24-25H,5-8,19H2,1-2H3,(H,22,23)/q-1. The molecule has 1 unspecified atom stereocenters. The molecule has 5 N–H and O–H groups in total. The molecular formula is C17H24BN2O7-. The first-order valence-corrected chi connectivity index (χ1v) is 8.98. The zero-order chi connectivity index (χ0) is 19.9. The second-order valence-electron chi connectivity index (χ2n) is 7.50. The van der Waals surface area contributed by atoms with Gasteiger partial charge < -0.3 is 35.2 Å². The molecule has 1 aromatic rings. The number of amides is 1. The number of hydrogen-bond donors (Lipinski definition) is 4. The lowest BCUT2D eigenvalue weighted by Gasteiger charge is -2.41. The first-order valence-electron chi connectivity index (χ1n) is 8.98. The number of ether oxygens (including phenoxy) is 1. The average Bonchev–Trinajstić information content (AvgIpc) is 2.54. The van der Waals surface area contributed by atoms with Crippen LogP contribution in [0.5, 0.6) is 11.5 Å². The van der Waals surface area contributed by atoms with Gasteiger partial charge in [0, 0.05) is 0 Å². The van der Waals surface area contributed by atoms with E-state index in [0.29, 0.717) is 25.1 Å². The minimum Gasteiger partial charge on any atom is -0.669 e. The molecule has 2 aliphatic heterocycles. The van der Waals surface area contributed by atoms with Gasteiger partial charge in [-0.15, -0.1) is 0 Å². The lowest BCUT2D eigenvalue weighted by Crippen LogP contribution is -2.60. The molecule has 2 heterocycles. The Balaban J connectivity index is 1.74. The van der Waals surface area contributed by atoms with E-state index in [1.165, 1.54) is 6.07 Å². The van der Waals surface area contributed by atoms with Crippen molar-refractivity contribution < 1.29 is 34.1 Å². The van der Waals surface area contributed by atoms with Crippen molar-refractivity contribution in [3.8, 4) is 11.5 Å². The van der Waals surface area contributed by atoms with Gasteiger partial charge in [-0.1, -0.05) is 26.2 Å². The van der Waals surface area contributed by atoms with Crippen molar-refractivity contribution in [1.82, 2.24) is 4.90 Å². The molecule has 1 aromatic carbocycles. The lowest BCUT2D eigenvalue weighted by atomic mass is 9.70. The summed E-state index contributed by atoms with van der Waals surface area (Å²) in [6.45, 7) is 1.27. The van der Waals surface area contributed by atoms with E-state index in [1.807, 2.05) is 13.8 Å². The first-order chi connectivity index (χ1) is 12.6. The number of nitrogens with zero attached hydrogens (tertiary/aromatic N) is 1. The molecule has 10 heteroatoms. The summed E-state index contributed by atoms with van der Waals surface area (Å²) in [5.41, 5.74) is 6.19. The van der Waals surface area contributed by atoms with E-state index in [4.69, 9.17) is 15.1 Å². The molecule has 0 spiro atoms. The minimum absolute atomic E-state index is 0.00205. The number of benzene rings is 1. The molecule has 1 saturated heterocycles. The number of carboxylic acid groups (broad SMARTS) is 1. The van der Waals surface area contributed by atoms with E-state index in [-0.39, 0.29) is 41.3 Å². The van der Waals surface area contributed by atoms with Crippen LogP contribution in [0.3, 0.4) is 0 Å². The normalized spacial score (nSPS) is 19.7. The maximum atomic E-state index is 12.2. The zero-order valence-electron chi connectivity index (χ0n) is 15.3. The van der Waals surface area contributed by atoms with Crippen LogP contribution >= 0.6 is 0 Å². The van der Waals surface area contributed by atoms with Gasteiger partial charge in [0.2, 0.25) is 5.91 Å². The molecule has 148 valence electrons. The molecule has 1 atom stereocenters. The molecule has 3 rings (SSSR count). The maximum Gasteiger partial charge on any atom is 0.430 e. The van der Waals surface area contributed by atoms with Crippen LogP contribution < -0.4 is 15.1 Å². The van der Waals surface area contributed by atoms with Crippen LogP contribution in [-0.2, 0) is 11.2 Å². The summed E-state index contributed by atoms with van der Waals surface area (Å²) in [6.07, 6.45) is -0.0735. The third kappa shape index (κ3) is 3.87. The van der Waals surface area contributed by atoms with Crippen LogP contribution in [0.1, 0.15) is 29.8 Å². The number of carboxylic acids is 1. The van der Waals surface area contributed by atoms with Crippen LogP contribution in [-0.4, -0.2) is 63.9 Å². The van der Waals surface area contributed by atoms with Gasteiger partial charge in [-0.3, -0.25) is 4.79 Å². The molecule has 0 saturated carbocycles. The van der Waals surface area contributed by atoms with Crippen molar-refractivity contribution in [2.45, 2.75) is 38.7 Å². The van der Waals surface area contributed by atoms with Gasteiger partial charge in [0.15, 0.2) is 0 Å². The number of aromatic carboxylic acids is 1. The van der Waals surface area contributed by atoms with E-state index in [9.17, 15) is 24.7 Å². The summed E-state index contributed by atoms with van der Waals surface area (Å²) >= 11 is 0. The monoisotopic (exact) mass is 379 g/mol. The van der Waals surface area contributed by atoms with Crippen molar-refractivity contribution >= 4 is 18.6 Å². The number of hydrogen-bond acceptors (Lipinski definition) is 7. The summed E-state index contributed by atoms with van der Waals surface area (Å²) in [5.74, 6) is -1.44. The van der Waals surface area contributed by atoms with E-state index < -0.39 is 18.8 Å². The Labute approximate surface area is 156 Å². The number of nitrogens with two attached hydrogens (primary N) is 1. The molecular weight excluding hydrogens is 355 g/mol. The Hall–Kier alpha value is -2.30. The third-order valence-corrected chi connectivity index (χ3v) is 4.97. The molecule has 0 aliphatic carbocycles. The first kappa shape index (κ1) is 19.5. The Bertz CT molecular complexity index is 762. The number of carbonyl (C=O) groups excluding carboxylic acids is 1. The Morgan fingerprint density at radius 1 is 1.33 bits per heavy atom. The zero-order valence-corrected chi connectivity index (χ0v) is 15.3. The van der Waals surface area contributed by atoms with Gasteiger partial charge in [0.1, 0.15) is 17.4 Å². The summed E-state index contributed by atoms with van der Waals surface area (Å²) < 4.78 is 10.9. The van der Waals surface area contributed by atoms with Crippen molar-refractivity contribution in [1.29, 1.82) is 0 Å². The van der Waals surface area contributed by atoms with E-state index in [2.05, 4.69) is 0 Å². The molecule has 0 bridgehead atoms. The highest BCUT2D eigenvalue weighted by Crippen LogP contribution is 2.38. The van der Waals surface area contributed by atoms with Gasteiger partial charge in [0.25, 0.3) is 0 Å². The van der Waals surface area contributed by atoms with Crippen molar-refractivity contribution in [2.24, 2.45) is 11.7 Å². The fourth-order valence-corrected chi connectivity index (χ4v) is 3.20. The fraction of sp³-hybridized carbons (Fsp3) is 0.529. The van der Waals surface area contributed by atoms with Crippen molar-refractivity contribution in [2.75, 3.05) is 13.1 Å². The van der Waals surface area contributed by atoms with Crippen LogP contribution in [0.15, 0.2) is 12.1 Å².